The smallest absolute Gasteiger partial charge is 0.325 e. The van der Waals surface area contributed by atoms with Crippen LogP contribution in [0.2, 0.25) is 0 Å². The molecule has 30 heavy (non-hydrogen) atoms. The Balaban J connectivity index is 1.62. The zero-order chi connectivity index (χ0) is 21.5. The second-order valence-corrected chi connectivity index (χ2v) is 7.44. The Kier molecular flexibility index (Phi) is 4.91. The first-order valence-electron chi connectivity index (χ1n) is 9.48. The number of halogens is 1. The minimum absolute atomic E-state index is 0.0337. The number of hydrogen-bond donors (Lipinski definition) is 2. The number of hydrogen-bond acceptors (Lipinski definition) is 4. The van der Waals surface area contributed by atoms with Crippen molar-refractivity contribution in [2.75, 3.05) is 13.7 Å². The number of carbonyl (C=O) groups excluding carboxylic acids is 2. The van der Waals surface area contributed by atoms with E-state index in [0.29, 0.717) is 5.56 Å². The predicted octanol–water partition coefficient (Wildman–Crippen LogP) is 3.49. The van der Waals surface area contributed by atoms with Gasteiger partial charge in [0.2, 0.25) is 0 Å². The van der Waals surface area contributed by atoms with Crippen molar-refractivity contribution in [2.45, 2.75) is 18.6 Å². The number of aliphatic hydroxyl groups excluding tert-OH is 1. The molecule has 1 heterocycles. The average molecular weight is 408 g/mol. The summed E-state index contributed by atoms with van der Waals surface area (Å²) in [6.45, 7) is 1.28. The van der Waals surface area contributed by atoms with E-state index in [1.807, 2.05) is 30.3 Å². The fourth-order valence-electron chi connectivity index (χ4n) is 3.74. The van der Waals surface area contributed by atoms with E-state index < -0.39 is 29.4 Å². The number of benzene rings is 3. The van der Waals surface area contributed by atoms with Gasteiger partial charge < -0.3 is 15.2 Å². The molecule has 0 radical (unpaired) electrons. The van der Waals surface area contributed by atoms with Crippen LogP contribution in [0.3, 0.4) is 0 Å². The Morgan fingerprint density at radius 3 is 2.53 bits per heavy atom. The van der Waals surface area contributed by atoms with Crippen LogP contribution < -0.4 is 10.1 Å². The second-order valence-electron chi connectivity index (χ2n) is 7.44. The highest BCUT2D eigenvalue weighted by Crippen LogP contribution is 2.33. The summed E-state index contributed by atoms with van der Waals surface area (Å²) in [7, 11) is 1.59. The van der Waals surface area contributed by atoms with Gasteiger partial charge in [-0.15, -0.1) is 0 Å². The predicted molar refractivity (Wildman–Crippen MR) is 109 cm³/mol. The number of rotatable bonds is 5. The minimum Gasteiger partial charge on any atom is -0.497 e. The summed E-state index contributed by atoms with van der Waals surface area (Å²) >= 11 is 0. The molecule has 0 spiro atoms. The van der Waals surface area contributed by atoms with Gasteiger partial charge in [-0.25, -0.2) is 9.18 Å². The zero-order valence-electron chi connectivity index (χ0n) is 16.6. The molecule has 0 aliphatic carbocycles. The first kappa shape index (κ1) is 19.8. The highest BCUT2D eigenvalue weighted by Gasteiger charge is 2.49. The summed E-state index contributed by atoms with van der Waals surface area (Å²) in [6.07, 6.45) is -1.33. The van der Waals surface area contributed by atoms with E-state index >= 15 is 0 Å². The normalized spacial score (nSPS) is 19.8. The molecule has 1 aliphatic rings. The van der Waals surface area contributed by atoms with E-state index in [4.69, 9.17) is 4.74 Å². The van der Waals surface area contributed by atoms with Crippen molar-refractivity contribution in [3.63, 3.8) is 0 Å². The van der Waals surface area contributed by atoms with Crippen LogP contribution in [0.15, 0.2) is 60.7 Å². The molecule has 154 valence electrons. The molecule has 1 aliphatic heterocycles. The molecule has 1 saturated heterocycles. The van der Waals surface area contributed by atoms with E-state index in [0.717, 1.165) is 21.4 Å². The second kappa shape index (κ2) is 7.42. The molecule has 7 heteroatoms. The van der Waals surface area contributed by atoms with E-state index in [-0.39, 0.29) is 12.1 Å². The van der Waals surface area contributed by atoms with Crippen molar-refractivity contribution >= 4 is 22.7 Å². The van der Waals surface area contributed by atoms with E-state index in [2.05, 4.69) is 5.32 Å². The highest BCUT2D eigenvalue weighted by atomic mass is 19.1. The summed E-state index contributed by atoms with van der Waals surface area (Å²) in [6, 6.07) is 16.2. The fraction of sp³-hybridized carbons (Fsp3) is 0.217. The van der Waals surface area contributed by atoms with Gasteiger partial charge in [-0.2, -0.15) is 0 Å². The molecule has 1 fully saturated rings. The van der Waals surface area contributed by atoms with Crippen molar-refractivity contribution < 1.29 is 23.8 Å². The topological polar surface area (TPSA) is 78.9 Å². The Labute approximate surface area is 172 Å². The van der Waals surface area contributed by atoms with Crippen LogP contribution in [-0.4, -0.2) is 35.6 Å². The maximum atomic E-state index is 14.0. The van der Waals surface area contributed by atoms with Gasteiger partial charge in [0, 0.05) is 5.56 Å². The van der Waals surface area contributed by atoms with Crippen molar-refractivity contribution in [1.82, 2.24) is 10.2 Å². The number of aliphatic hydroxyl groups is 1. The van der Waals surface area contributed by atoms with Crippen molar-refractivity contribution in [3.05, 3.63) is 77.6 Å². The molecule has 0 unspecified atom stereocenters. The number of nitrogens with zero attached hydrogens (tertiary/aromatic N) is 1. The summed E-state index contributed by atoms with van der Waals surface area (Å²) in [4.78, 5) is 26.6. The standard InChI is InChI=1S/C23H21FN2O4/c1-23(16-9-7-15-12-17(30-2)10-8-14(15)11-16)21(28)26(22(29)25-23)13-20(27)18-5-3-4-6-19(18)24/h3-12,20,27H,13H2,1-2H3,(H,25,29)/t20-,23-/m0/s1. The highest BCUT2D eigenvalue weighted by molar-refractivity contribution is 6.07. The largest absolute Gasteiger partial charge is 0.497 e. The number of carbonyl (C=O) groups is 2. The SMILES string of the molecule is COc1ccc2cc([C@]3(C)NC(=O)N(C[C@H](O)c4ccccc4F)C3=O)ccc2c1. The number of ether oxygens (including phenoxy) is 1. The molecule has 2 atom stereocenters. The van der Waals surface area contributed by atoms with Crippen LogP contribution in [0.1, 0.15) is 24.2 Å². The molecule has 6 nitrogen and oxygen atoms in total. The monoisotopic (exact) mass is 408 g/mol. The lowest BCUT2D eigenvalue weighted by Crippen LogP contribution is -2.41. The number of β-amino-alcohol motifs (C(OH)–C–C–N with tert-alkyl or cyclic N) is 1. The van der Waals surface area contributed by atoms with Gasteiger partial charge in [-0.05, 0) is 47.5 Å². The lowest BCUT2D eigenvalue weighted by atomic mass is 9.90. The number of fused-ring (bicyclic) bond motifs is 1. The van der Waals surface area contributed by atoms with Crippen molar-refractivity contribution in [3.8, 4) is 5.75 Å². The third-order valence-corrected chi connectivity index (χ3v) is 5.52. The molecule has 0 saturated carbocycles. The van der Waals surface area contributed by atoms with Crippen LogP contribution in [0.25, 0.3) is 10.8 Å². The average Bonchev–Trinajstić information content (AvgIpc) is 2.97. The third kappa shape index (κ3) is 3.27. The lowest BCUT2D eigenvalue weighted by molar-refractivity contribution is -0.132. The number of imide groups is 1. The Bertz CT molecular complexity index is 1150. The third-order valence-electron chi connectivity index (χ3n) is 5.52. The molecule has 0 bridgehead atoms. The molecule has 3 amide bonds. The Morgan fingerprint density at radius 1 is 1.10 bits per heavy atom. The Morgan fingerprint density at radius 2 is 1.80 bits per heavy atom. The van der Waals surface area contributed by atoms with E-state index in [1.54, 1.807) is 26.2 Å². The van der Waals surface area contributed by atoms with Gasteiger partial charge in [0.05, 0.1) is 19.8 Å². The minimum atomic E-state index is -1.33. The van der Waals surface area contributed by atoms with Crippen molar-refractivity contribution in [1.29, 1.82) is 0 Å². The lowest BCUT2D eigenvalue weighted by Gasteiger charge is -2.23. The molecule has 2 N–H and O–H groups in total. The zero-order valence-corrected chi connectivity index (χ0v) is 16.6. The van der Waals surface area contributed by atoms with Gasteiger partial charge in [0.25, 0.3) is 5.91 Å². The van der Waals surface area contributed by atoms with Crippen LogP contribution >= 0.6 is 0 Å². The van der Waals surface area contributed by atoms with Crippen LogP contribution in [-0.2, 0) is 10.3 Å². The molecule has 3 aromatic carbocycles. The fourth-order valence-corrected chi connectivity index (χ4v) is 3.74. The molecule has 3 aromatic rings. The van der Waals surface area contributed by atoms with Gasteiger partial charge >= 0.3 is 6.03 Å². The molecular formula is C23H21FN2O4. The number of nitrogens with one attached hydrogen (secondary N) is 1. The van der Waals surface area contributed by atoms with Crippen LogP contribution in [0.4, 0.5) is 9.18 Å². The van der Waals surface area contributed by atoms with Crippen LogP contribution in [0.5, 0.6) is 5.75 Å². The van der Waals surface area contributed by atoms with E-state index in [9.17, 15) is 19.1 Å². The number of urea groups is 1. The first-order chi connectivity index (χ1) is 14.3. The van der Waals surface area contributed by atoms with Gasteiger partial charge in [0.15, 0.2) is 0 Å². The molecular weight excluding hydrogens is 387 g/mol. The van der Waals surface area contributed by atoms with Crippen LogP contribution in [0, 0.1) is 5.82 Å². The summed E-state index contributed by atoms with van der Waals surface area (Å²) < 4.78 is 19.2. The van der Waals surface area contributed by atoms with Gasteiger partial charge in [0.1, 0.15) is 17.1 Å². The van der Waals surface area contributed by atoms with E-state index in [1.165, 1.54) is 18.2 Å². The first-order valence-corrected chi connectivity index (χ1v) is 9.48. The quantitative estimate of drug-likeness (QED) is 0.634. The van der Waals surface area contributed by atoms with Gasteiger partial charge in [-0.3, -0.25) is 9.69 Å². The maximum Gasteiger partial charge on any atom is 0.325 e. The molecule has 0 aromatic heterocycles. The maximum absolute atomic E-state index is 14.0. The van der Waals surface area contributed by atoms with Crippen molar-refractivity contribution in [2.24, 2.45) is 0 Å². The number of methoxy groups -OCH3 is 1. The van der Waals surface area contributed by atoms with Gasteiger partial charge in [-0.1, -0.05) is 36.4 Å². The Hall–Kier alpha value is -3.45. The summed E-state index contributed by atoms with van der Waals surface area (Å²) in [5, 5.41) is 14.9. The summed E-state index contributed by atoms with van der Waals surface area (Å²) in [5.41, 5.74) is -0.645. The summed E-state index contributed by atoms with van der Waals surface area (Å²) in [5.74, 6) is -0.375. The molecule has 4 rings (SSSR count). The number of amides is 3.